The predicted octanol–water partition coefficient (Wildman–Crippen LogP) is 2.62. The summed E-state index contributed by atoms with van der Waals surface area (Å²) in [6.45, 7) is 2.55. The van der Waals surface area contributed by atoms with Crippen molar-refractivity contribution in [3.63, 3.8) is 0 Å². The van der Waals surface area contributed by atoms with E-state index in [4.69, 9.17) is 5.73 Å². The molecule has 3 nitrogen and oxygen atoms in total. The minimum absolute atomic E-state index is 0.482. The van der Waals surface area contributed by atoms with Gasteiger partial charge in [0.1, 0.15) is 10.4 Å². The first kappa shape index (κ1) is 11.4. The lowest BCUT2D eigenvalue weighted by Crippen LogP contribution is -2.04. The molecule has 0 unspecified atom stereocenters. The predicted molar refractivity (Wildman–Crippen MR) is 69.0 cm³/mol. The third kappa shape index (κ3) is 1.90. The Labute approximate surface area is 103 Å². The minimum Gasteiger partial charge on any atom is -0.329 e. The lowest BCUT2D eigenvalue weighted by atomic mass is 10.1. The fourth-order valence-corrected chi connectivity index (χ4v) is 2.28. The molecule has 0 amide bonds. The Morgan fingerprint density at radius 2 is 1.94 bits per heavy atom. The first-order valence-corrected chi connectivity index (χ1v) is 5.91. The van der Waals surface area contributed by atoms with Crippen molar-refractivity contribution in [2.45, 2.75) is 13.5 Å². The molecule has 0 aliphatic rings. The van der Waals surface area contributed by atoms with Gasteiger partial charge in [0.05, 0.1) is 5.69 Å². The number of halogens is 1. The number of benzene rings is 1. The molecule has 0 spiro atoms. The van der Waals surface area contributed by atoms with Crippen LogP contribution in [-0.2, 0) is 13.6 Å². The van der Waals surface area contributed by atoms with E-state index in [1.165, 1.54) is 5.56 Å². The van der Waals surface area contributed by atoms with Crippen LogP contribution in [0.4, 0.5) is 0 Å². The van der Waals surface area contributed by atoms with Crippen molar-refractivity contribution < 1.29 is 0 Å². The zero-order chi connectivity index (χ0) is 11.7. The maximum Gasteiger partial charge on any atom is 0.141 e. The van der Waals surface area contributed by atoms with Gasteiger partial charge in [0, 0.05) is 19.2 Å². The van der Waals surface area contributed by atoms with Crippen LogP contribution < -0.4 is 5.73 Å². The van der Waals surface area contributed by atoms with Gasteiger partial charge < -0.3 is 10.3 Å². The third-order valence-electron chi connectivity index (χ3n) is 2.67. The quantitative estimate of drug-likeness (QED) is 0.919. The molecular formula is C12H14BrN3. The summed E-state index contributed by atoms with van der Waals surface area (Å²) in [5.41, 5.74) is 9.04. The molecule has 0 aliphatic carbocycles. The van der Waals surface area contributed by atoms with Crippen molar-refractivity contribution in [2.24, 2.45) is 12.8 Å². The standard InChI is InChI=1S/C12H14BrN3/c1-8-3-5-9(6-4-8)12-15-11(13)10(7-14)16(12)2/h3-6H,7,14H2,1-2H3. The number of rotatable bonds is 2. The van der Waals surface area contributed by atoms with Crippen LogP contribution in [-0.4, -0.2) is 9.55 Å². The van der Waals surface area contributed by atoms with Gasteiger partial charge in [-0.1, -0.05) is 29.8 Å². The number of hydrogen-bond donors (Lipinski definition) is 1. The first-order chi connectivity index (χ1) is 7.63. The van der Waals surface area contributed by atoms with Crippen LogP contribution in [0.3, 0.4) is 0 Å². The zero-order valence-corrected chi connectivity index (χ0v) is 11.0. The Balaban J connectivity index is 2.52. The zero-order valence-electron chi connectivity index (χ0n) is 9.37. The Hall–Kier alpha value is -1.13. The van der Waals surface area contributed by atoms with Gasteiger partial charge in [-0.3, -0.25) is 0 Å². The van der Waals surface area contributed by atoms with E-state index in [1.807, 2.05) is 11.6 Å². The van der Waals surface area contributed by atoms with Crippen LogP contribution >= 0.6 is 15.9 Å². The second kappa shape index (κ2) is 4.39. The lowest BCUT2D eigenvalue weighted by molar-refractivity contribution is 0.825. The van der Waals surface area contributed by atoms with Crippen LogP contribution in [0.2, 0.25) is 0 Å². The molecule has 16 heavy (non-hydrogen) atoms. The molecule has 1 heterocycles. The molecule has 84 valence electrons. The molecule has 2 aromatic rings. The summed E-state index contributed by atoms with van der Waals surface area (Å²) in [5, 5.41) is 0. The molecular weight excluding hydrogens is 266 g/mol. The topological polar surface area (TPSA) is 43.8 Å². The molecule has 0 fully saturated rings. The summed E-state index contributed by atoms with van der Waals surface area (Å²) in [6.07, 6.45) is 0. The van der Waals surface area contributed by atoms with Crippen molar-refractivity contribution in [1.82, 2.24) is 9.55 Å². The van der Waals surface area contributed by atoms with Crippen molar-refractivity contribution in [3.05, 3.63) is 40.1 Å². The Bertz CT molecular complexity index is 500. The fraction of sp³-hybridized carbons (Fsp3) is 0.250. The summed E-state index contributed by atoms with van der Waals surface area (Å²) in [4.78, 5) is 4.48. The third-order valence-corrected chi connectivity index (χ3v) is 3.30. The summed E-state index contributed by atoms with van der Waals surface area (Å²) in [6, 6.07) is 8.31. The van der Waals surface area contributed by atoms with E-state index in [1.54, 1.807) is 0 Å². The van der Waals surface area contributed by atoms with Gasteiger partial charge in [0.15, 0.2) is 0 Å². The summed E-state index contributed by atoms with van der Waals surface area (Å²) < 4.78 is 2.85. The Kier molecular flexibility index (Phi) is 3.12. The molecule has 1 aromatic heterocycles. The smallest absolute Gasteiger partial charge is 0.141 e. The van der Waals surface area contributed by atoms with Crippen molar-refractivity contribution >= 4 is 15.9 Å². The van der Waals surface area contributed by atoms with Crippen molar-refractivity contribution in [1.29, 1.82) is 0 Å². The van der Waals surface area contributed by atoms with E-state index in [9.17, 15) is 0 Å². The van der Waals surface area contributed by atoms with Crippen molar-refractivity contribution in [2.75, 3.05) is 0 Å². The van der Waals surface area contributed by atoms with Crippen LogP contribution in [0.25, 0.3) is 11.4 Å². The molecule has 0 saturated carbocycles. The summed E-state index contributed by atoms with van der Waals surface area (Å²) in [7, 11) is 1.98. The molecule has 4 heteroatoms. The highest BCUT2D eigenvalue weighted by molar-refractivity contribution is 9.10. The van der Waals surface area contributed by atoms with E-state index in [0.29, 0.717) is 6.54 Å². The van der Waals surface area contributed by atoms with E-state index in [-0.39, 0.29) is 0 Å². The molecule has 0 bridgehead atoms. The van der Waals surface area contributed by atoms with E-state index in [2.05, 4.69) is 52.1 Å². The number of aryl methyl sites for hydroxylation is 1. The molecule has 2 N–H and O–H groups in total. The number of nitrogens with two attached hydrogens (primary N) is 1. The number of aromatic nitrogens is 2. The first-order valence-electron chi connectivity index (χ1n) is 5.11. The van der Waals surface area contributed by atoms with E-state index < -0.39 is 0 Å². The Morgan fingerprint density at radius 3 is 2.44 bits per heavy atom. The van der Waals surface area contributed by atoms with Crippen LogP contribution in [0.1, 0.15) is 11.3 Å². The van der Waals surface area contributed by atoms with E-state index >= 15 is 0 Å². The minimum atomic E-state index is 0.482. The fourth-order valence-electron chi connectivity index (χ4n) is 1.68. The second-order valence-corrected chi connectivity index (χ2v) is 4.55. The van der Waals surface area contributed by atoms with Crippen LogP contribution in [0.15, 0.2) is 28.9 Å². The monoisotopic (exact) mass is 279 g/mol. The van der Waals surface area contributed by atoms with Gasteiger partial charge in [0.25, 0.3) is 0 Å². The van der Waals surface area contributed by atoms with Crippen molar-refractivity contribution in [3.8, 4) is 11.4 Å². The molecule has 0 aliphatic heterocycles. The molecule has 2 rings (SSSR count). The number of hydrogen-bond acceptors (Lipinski definition) is 2. The molecule has 1 aromatic carbocycles. The Morgan fingerprint density at radius 1 is 1.31 bits per heavy atom. The van der Waals surface area contributed by atoms with Gasteiger partial charge >= 0.3 is 0 Å². The number of imidazole rings is 1. The highest BCUT2D eigenvalue weighted by atomic mass is 79.9. The molecule has 0 atom stereocenters. The average Bonchev–Trinajstić information content (AvgIpc) is 2.55. The van der Waals surface area contributed by atoms with Gasteiger partial charge in [-0.2, -0.15) is 0 Å². The normalized spacial score (nSPS) is 10.8. The molecule has 0 radical (unpaired) electrons. The van der Waals surface area contributed by atoms with E-state index in [0.717, 1.165) is 21.7 Å². The maximum atomic E-state index is 5.68. The lowest BCUT2D eigenvalue weighted by Gasteiger charge is -2.04. The largest absolute Gasteiger partial charge is 0.329 e. The van der Waals surface area contributed by atoms with Gasteiger partial charge in [-0.25, -0.2) is 4.98 Å². The highest BCUT2D eigenvalue weighted by Crippen LogP contribution is 2.24. The number of nitrogens with zero attached hydrogens (tertiary/aromatic N) is 2. The van der Waals surface area contributed by atoms with Gasteiger partial charge in [0.2, 0.25) is 0 Å². The highest BCUT2D eigenvalue weighted by Gasteiger charge is 2.12. The maximum absolute atomic E-state index is 5.68. The summed E-state index contributed by atoms with van der Waals surface area (Å²) >= 11 is 3.43. The molecule has 0 saturated heterocycles. The van der Waals surface area contributed by atoms with Gasteiger partial charge in [-0.15, -0.1) is 0 Å². The van der Waals surface area contributed by atoms with Crippen LogP contribution in [0.5, 0.6) is 0 Å². The second-order valence-electron chi connectivity index (χ2n) is 3.80. The average molecular weight is 280 g/mol. The van der Waals surface area contributed by atoms with Crippen LogP contribution in [0, 0.1) is 6.92 Å². The SMILES string of the molecule is Cc1ccc(-c2nc(Br)c(CN)n2C)cc1. The summed E-state index contributed by atoms with van der Waals surface area (Å²) in [5.74, 6) is 0.937. The van der Waals surface area contributed by atoms with Gasteiger partial charge in [-0.05, 0) is 22.9 Å².